The van der Waals surface area contributed by atoms with Crippen LogP contribution in [0.3, 0.4) is 0 Å². The van der Waals surface area contributed by atoms with Gasteiger partial charge in [-0.3, -0.25) is 4.90 Å². The van der Waals surface area contributed by atoms with Crippen molar-refractivity contribution < 1.29 is 18.4 Å². The lowest BCUT2D eigenvalue weighted by molar-refractivity contribution is -0.130. The maximum absolute atomic E-state index is 13.4. The van der Waals surface area contributed by atoms with Crippen molar-refractivity contribution >= 4 is 11.5 Å². The van der Waals surface area contributed by atoms with Crippen molar-refractivity contribution in [1.82, 2.24) is 0 Å². The number of oxime groups is 1. The van der Waals surface area contributed by atoms with Crippen LogP contribution in [0.1, 0.15) is 11.1 Å². The minimum Gasteiger partial charge on any atom is -0.409 e. The van der Waals surface area contributed by atoms with Gasteiger partial charge in [0.1, 0.15) is 0 Å². The molecule has 0 aromatic heterocycles. The highest BCUT2D eigenvalue weighted by Crippen LogP contribution is 2.32. The van der Waals surface area contributed by atoms with Crippen molar-refractivity contribution in [1.29, 1.82) is 0 Å². The van der Waals surface area contributed by atoms with Crippen LogP contribution in [0.2, 0.25) is 0 Å². The van der Waals surface area contributed by atoms with E-state index in [9.17, 15) is 13.2 Å². The predicted molar refractivity (Wildman–Crippen MR) is 77.6 cm³/mol. The van der Waals surface area contributed by atoms with Crippen LogP contribution < -0.4 is 10.6 Å². The Morgan fingerprint density at radius 1 is 1.05 bits per heavy atom. The number of para-hydroxylation sites is 1. The van der Waals surface area contributed by atoms with Gasteiger partial charge < -0.3 is 10.9 Å². The van der Waals surface area contributed by atoms with Crippen LogP contribution in [0.4, 0.5) is 18.9 Å². The largest absolute Gasteiger partial charge is 0.485 e. The van der Waals surface area contributed by atoms with E-state index in [2.05, 4.69) is 5.16 Å². The molecule has 7 heteroatoms. The van der Waals surface area contributed by atoms with E-state index in [4.69, 9.17) is 10.9 Å². The van der Waals surface area contributed by atoms with Gasteiger partial charge in [-0.1, -0.05) is 47.6 Å². The fraction of sp³-hybridized carbons (Fsp3) is 0.133. The van der Waals surface area contributed by atoms with Gasteiger partial charge in [-0.25, -0.2) is 0 Å². The van der Waals surface area contributed by atoms with E-state index in [-0.39, 0.29) is 28.5 Å². The number of halogens is 3. The fourth-order valence-corrected chi connectivity index (χ4v) is 2.06. The van der Waals surface area contributed by atoms with Crippen LogP contribution in [0.25, 0.3) is 0 Å². The molecule has 2 aromatic rings. The summed E-state index contributed by atoms with van der Waals surface area (Å²) in [5.74, 6) is -0.377. The molecule has 0 aliphatic carbocycles. The molecule has 4 nitrogen and oxygen atoms in total. The van der Waals surface area contributed by atoms with Gasteiger partial charge >= 0.3 is 6.30 Å². The molecule has 0 saturated carbocycles. The SMILES string of the molecule is NC(=NO)c1ccccc1N(Cc1ccccc1)C(F)(F)F. The third-order valence-electron chi connectivity index (χ3n) is 3.07. The molecule has 0 aliphatic heterocycles. The van der Waals surface area contributed by atoms with Crippen molar-refractivity contribution in [2.24, 2.45) is 10.9 Å². The lowest BCUT2D eigenvalue weighted by atomic mass is 10.1. The second-order valence-electron chi connectivity index (χ2n) is 4.54. The van der Waals surface area contributed by atoms with Crippen molar-refractivity contribution in [3.05, 3.63) is 65.7 Å². The molecule has 0 aliphatic rings. The van der Waals surface area contributed by atoms with Crippen LogP contribution in [0.5, 0.6) is 0 Å². The molecule has 0 amide bonds. The van der Waals surface area contributed by atoms with Crippen LogP contribution >= 0.6 is 0 Å². The van der Waals surface area contributed by atoms with Gasteiger partial charge in [0.15, 0.2) is 5.84 Å². The Bertz CT molecular complexity index is 657. The summed E-state index contributed by atoms with van der Waals surface area (Å²) < 4.78 is 40.3. The van der Waals surface area contributed by atoms with Gasteiger partial charge in [-0.05, 0) is 17.7 Å². The zero-order valence-corrected chi connectivity index (χ0v) is 11.5. The first-order valence-electron chi connectivity index (χ1n) is 6.38. The molecule has 116 valence electrons. The molecule has 0 unspecified atom stereocenters. The van der Waals surface area contributed by atoms with Gasteiger partial charge in [0.05, 0.1) is 12.2 Å². The maximum Gasteiger partial charge on any atom is 0.485 e. The average Bonchev–Trinajstić information content (AvgIpc) is 2.52. The molecule has 0 atom stereocenters. The van der Waals surface area contributed by atoms with Gasteiger partial charge in [-0.2, -0.15) is 13.2 Å². The number of hydrogen-bond acceptors (Lipinski definition) is 3. The van der Waals surface area contributed by atoms with E-state index in [0.717, 1.165) is 0 Å². The molecule has 0 saturated heterocycles. The van der Waals surface area contributed by atoms with E-state index in [1.54, 1.807) is 30.3 Å². The first-order chi connectivity index (χ1) is 10.4. The number of hydrogen-bond donors (Lipinski definition) is 2. The van der Waals surface area contributed by atoms with E-state index in [1.165, 1.54) is 24.3 Å². The molecule has 2 rings (SSSR count). The van der Waals surface area contributed by atoms with Gasteiger partial charge in [0.2, 0.25) is 0 Å². The molecule has 3 N–H and O–H groups in total. The lowest BCUT2D eigenvalue weighted by Gasteiger charge is -2.28. The third kappa shape index (κ3) is 3.49. The molecule has 2 aromatic carbocycles. The minimum absolute atomic E-state index is 0.0123. The fourth-order valence-electron chi connectivity index (χ4n) is 2.06. The number of nitrogens with two attached hydrogens (primary N) is 1. The second-order valence-corrected chi connectivity index (χ2v) is 4.54. The summed E-state index contributed by atoms with van der Waals surface area (Å²) in [6, 6.07) is 13.9. The number of alkyl halides is 3. The molecule has 0 fully saturated rings. The summed E-state index contributed by atoms with van der Waals surface area (Å²) in [7, 11) is 0. The Labute approximate surface area is 125 Å². The molecule has 22 heavy (non-hydrogen) atoms. The monoisotopic (exact) mass is 309 g/mol. The number of rotatable bonds is 4. The van der Waals surface area contributed by atoms with Crippen molar-refractivity contribution in [3.63, 3.8) is 0 Å². The summed E-state index contributed by atoms with van der Waals surface area (Å²) in [4.78, 5) is 0.260. The molecule has 0 radical (unpaired) electrons. The van der Waals surface area contributed by atoms with E-state index in [0.29, 0.717) is 5.56 Å². The molecular formula is C15H14F3N3O. The topological polar surface area (TPSA) is 61.9 Å². The molecular weight excluding hydrogens is 295 g/mol. The Morgan fingerprint density at radius 3 is 2.23 bits per heavy atom. The number of nitrogens with zero attached hydrogens (tertiary/aromatic N) is 2. The van der Waals surface area contributed by atoms with Crippen LogP contribution in [-0.2, 0) is 6.54 Å². The maximum atomic E-state index is 13.4. The first kappa shape index (κ1) is 15.7. The Kier molecular flexibility index (Phi) is 4.55. The Balaban J connectivity index is 2.48. The summed E-state index contributed by atoms with van der Waals surface area (Å²) in [6.45, 7) is -0.375. The van der Waals surface area contributed by atoms with E-state index in [1.807, 2.05) is 0 Å². The first-order valence-corrected chi connectivity index (χ1v) is 6.38. The lowest BCUT2D eigenvalue weighted by Crippen LogP contribution is -2.38. The molecule has 0 spiro atoms. The van der Waals surface area contributed by atoms with Crippen molar-refractivity contribution in [2.45, 2.75) is 12.8 Å². The smallest absolute Gasteiger partial charge is 0.409 e. The summed E-state index contributed by atoms with van der Waals surface area (Å²) in [5, 5.41) is 11.5. The zero-order valence-electron chi connectivity index (χ0n) is 11.5. The zero-order chi connectivity index (χ0) is 16.2. The highest BCUT2D eigenvalue weighted by molar-refractivity contribution is 6.02. The number of amidine groups is 1. The number of benzene rings is 2. The van der Waals surface area contributed by atoms with Crippen LogP contribution in [-0.4, -0.2) is 17.3 Å². The standard InChI is InChI=1S/C15H14F3N3O/c16-15(17,18)21(10-11-6-2-1-3-7-11)13-9-5-4-8-12(13)14(19)20-22/h1-9,22H,10H2,(H2,19,20). The molecule has 0 bridgehead atoms. The highest BCUT2D eigenvalue weighted by Gasteiger charge is 2.38. The average molecular weight is 309 g/mol. The predicted octanol–water partition coefficient (Wildman–Crippen LogP) is 3.31. The van der Waals surface area contributed by atoms with E-state index < -0.39 is 6.30 Å². The van der Waals surface area contributed by atoms with E-state index >= 15 is 0 Å². The number of anilines is 1. The summed E-state index contributed by atoms with van der Waals surface area (Å²) in [5.41, 5.74) is 5.81. The van der Waals surface area contributed by atoms with Gasteiger partial charge in [0.25, 0.3) is 0 Å². The van der Waals surface area contributed by atoms with Crippen LogP contribution in [0.15, 0.2) is 59.8 Å². The van der Waals surface area contributed by atoms with Crippen molar-refractivity contribution in [3.8, 4) is 0 Å². The van der Waals surface area contributed by atoms with Gasteiger partial charge in [-0.15, -0.1) is 0 Å². The Morgan fingerprint density at radius 2 is 1.64 bits per heavy atom. The highest BCUT2D eigenvalue weighted by atomic mass is 19.4. The van der Waals surface area contributed by atoms with Gasteiger partial charge in [0, 0.05) is 5.56 Å². The van der Waals surface area contributed by atoms with Crippen LogP contribution in [0, 0.1) is 0 Å². The Hall–Kier alpha value is -2.70. The second kappa shape index (κ2) is 6.38. The van der Waals surface area contributed by atoms with Crippen molar-refractivity contribution in [2.75, 3.05) is 4.90 Å². The summed E-state index contributed by atoms with van der Waals surface area (Å²) >= 11 is 0. The minimum atomic E-state index is -4.61. The quantitative estimate of drug-likeness (QED) is 0.299. The molecule has 0 heterocycles. The summed E-state index contributed by atoms with van der Waals surface area (Å²) in [6.07, 6.45) is -4.61. The third-order valence-corrected chi connectivity index (χ3v) is 3.07. The normalized spacial score (nSPS) is 12.2.